The first-order valence-corrected chi connectivity index (χ1v) is 9.63. The van der Waals surface area contributed by atoms with Gasteiger partial charge in [-0.2, -0.15) is 0 Å². The third-order valence-corrected chi connectivity index (χ3v) is 4.87. The van der Waals surface area contributed by atoms with Crippen molar-refractivity contribution in [2.24, 2.45) is 5.41 Å². The standard InChI is InChI=1S/C23H29N3O/c1-17-10-5-6-11-18(17)16-26-20-13-8-7-12-19(20)25-21(26)14-9-15-24-22(27)23(2,3)4/h5-8,10-13H,9,14-16H2,1-4H3,(H,24,27). The van der Waals surface area contributed by atoms with Crippen LogP contribution in [0.2, 0.25) is 0 Å². The smallest absolute Gasteiger partial charge is 0.225 e. The maximum atomic E-state index is 12.0. The second-order valence-electron chi connectivity index (χ2n) is 8.14. The van der Waals surface area contributed by atoms with Gasteiger partial charge in [0.05, 0.1) is 11.0 Å². The van der Waals surface area contributed by atoms with Gasteiger partial charge in [-0.05, 0) is 36.6 Å². The van der Waals surface area contributed by atoms with Crippen molar-refractivity contribution < 1.29 is 4.79 Å². The van der Waals surface area contributed by atoms with E-state index in [9.17, 15) is 4.79 Å². The van der Waals surface area contributed by atoms with Crippen molar-refractivity contribution in [3.05, 3.63) is 65.5 Å². The first kappa shape index (κ1) is 19.2. The number of hydrogen-bond acceptors (Lipinski definition) is 2. The Kier molecular flexibility index (Phi) is 5.64. The molecule has 4 nitrogen and oxygen atoms in total. The molecule has 0 aliphatic heterocycles. The minimum absolute atomic E-state index is 0.0934. The maximum Gasteiger partial charge on any atom is 0.225 e. The number of rotatable bonds is 6. The van der Waals surface area contributed by atoms with Crippen molar-refractivity contribution in [3.63, 3.8) is 0 Å². The van der Waals surface area contributed by atoms with Crippen LogP contribution in [0.15, 0.2) is 48.5 Å². The zero-order valence-electron chi connectivity index (χ0n) is 16.7. The minimum atomic E-state index is -0.349. The second-order valence-corrected chi connectivity index (χ2v) is 8.14. The molecule has 2 aromatic carbocycles. The molecule has 1 heterocycles. The lowest BCUT2D eigenvalue weighted by Gasteiger charge is -2.17. The average molecular weight is 364 g/mol. The molecule has 0 aliphatic carbocycles. The van der Waals surface area contributed by atoms with E-state index < -0.39 is 0 Å². The molecule has 0 bridgehead atoms. The van der Waals surface area contributed by atoms with Gasteiger partial charge >= 0.3 is 0 Å². The van der Waals surface area contributed by atoms with Crippen molar-refractivity contribution >= 4 is 16.9 Å². The number of carbonyl (C=O) groups is 1. The van der Waals surface area contributed by atoms with Crippen LogP contribution >= 0.6 is 0 Å². The molecule has 0 spiro atoms. The molecule has 4 heteroatoms. The molecule has 0 saturated heterocycles. The van der Waals surface area contributed by atoms with Crippen LogP contribution in [0.3, 0.4) is 0 Å². The fraction of sp³-hybridized carbons (Fsp3) is 0.391. The first-order chi connectivity index (χ1) is 12.9. The molecule has 0 atom stereocenters. The molecule has 1 amide bonds. The summed E-state index contributed by atoms with van der Waals surface area (Å²) in [7, 11) is 0. The van der Waals surface area contributed by atoms with E-state index in [1.807, 2.05) is 26.8 Å². The normalized spacial score (nSPS) is 11.7. The van der Waals surface area contributed by atoms with Gasteiger partial charge in [0.15, 0.2) is 0 Å². The third kappa shape index (κ3) is 4.57. The predicted molar refractivity (Wildman–Crippen MR) is 111 cm³/mol. The fourth-order valence-electron chi connectivity index (χ4n) is 3.16. The van der Waals surface area contributed by atoms with E-state index in [-0.39, 0.29) is 11.3 Å². The molecule has 0 unspecified atom stereocenters. The minimum Gasteiger partial charge on any atom is -0.356 e. The number of nitrogens with one attached hydrogen (secondary N) is 1. The van der Waals surface area contributed by atoms with Gasteiger partial charge in [0.1, 0.15) is 5.82 Å². The van der Waals surface area contributed by atoms with Crippen molar-refractivity contribution in [2.45, 2.75) is 47.1 Å². The summed E-state index contributed by atoms with van der Waals surface area (Å²) in [6.45, 7) is 9.44. The van der Waals surface area contributed by atoms with Gasteiger partial charge < -0.3 is 9.88 Å². The number of aryl methyl sites for hydroxylation is 2. The summed E-state index contributed by atoms with van der Waals surface area (Å²) in [4.78, 5) is 16.9. The van der Waals surface area contributed by atoms with E-state index in [1.54, 1.807) is 0 Å². The van der Waals surface area contributed by atoms with E-state index >= 15 is 0 Å². The SMILES string of the molecule is Cc1ccccc1Cn1c(CCCNC(=O)C(C)(C)C)nc2ccccc21. The second kappa shape index (κ2) is 7.95. The molecular weight excluding hydrogens is 334 g/mol. The fourth-order valence-corrected chi connectivity index (χ4v) is 3.16. The van der Waals surface area contributed by atoms with Crippen molar-refractivity contribution in [1.29, 1.82) is 0 Å². The van der Waals surface area contributed by atoms with Crippen LogP contribution in [0.25, 0.3) is 11.0 Å². The Bertz CT molecular complexity index is 934. The first-order valence-electron chi connectivity index (χ1n) is 9.63. The van der Waals surface area contributed by atoms with Crippen molar-refractivity contribution in [3.8, 4) is 0 Å². The van der Waals surface area contributed by atoms with E-state index in [4.69, 9.17) is 4.98 Å². The third-order valence-electron chi connectivity index (χ3n) is 4.87. The summed E-state index contributed by atoms with van der Waals surface area (Å²) in [5.74, 6) is 1.17. The lowest BCUT2D eigenvalue weighted by molar-refractivity contribution is -0.128. The number of imidazole rings is 1. The van der Waals surface area contributed by atoms with Crippen LogP contribution in [-0.4, -0.2) is 22.0 Å². The van der Waals surface area contributed by atoms with Gasteiger partial charge in [0.2, 0.25) is 5.91 Å². The summed E-state index contributed by atoms with van der Waals surface area (Å²) in [5.41, 5.74) is 4.44. The number of nitrogens with zero attached hydrogens (tertiary/aromatic N) is 2. The largest absolute Gasteiger partial charge is 0.356 e. The summed E-state index contributed by atoms with van der Waals surface area (Å²) < 4.78 is 2.31. The van der Waals surface area contributed by atoms with Crippen LogP contribution < -0.4 is 5.32 Å². The van der Waals surface area contributed by atoms with Crippen LogP contribution in [0.4, 0.5) is 0 Å². The van der Waals surface area contributed by atoms with Gasteiger partial charge in [-0.3, -0.25) is 4.79 Å². The average Bonchev–Trinajstić information content (AvgIpc) is 2.97. The quantitative estimate of drug-likeness (QED) is 0.656. The highest BCUT2D eigenvalue weighted by molar-refractivity contribution is 5.81. The number of aromatic nitrogens is 2. The Labute approximate surface area is 161 Å². The Morgan fingerprint density at radius 1 is 1.07 bits per heavy atom. The molecule has 3 aromatic rings. The van der Waals surface area contributed by atoms with Crippen LogP contribution in [-0.2, 0) is 17.8 Å². The Hall–Kier alpha value is -2.62. The number of fused-ring (bicyclic) bond motifs is 1. The number of amides is 1. The predicted octanol–water partition coefficient (Wildman–Crippen LogP) is 4.49. The Morgan fingerprint density at radius 3 is 2.52 bits per heavy atom. The van der Waals surface area contributed by atoms with E-state index in [1.165, 1.54) is 11.1 Å². The van der Waals surface area contributed by atoms with Gasteiger partial charge in [0, 0.05) is 24.9 Å². The van der Waals surface area contributed by atoms with Gasteiger partial charge in [-0.25, -0.2) is 4.98 Å². The number of benzene rings is 2. The summed E-state index contributed by atoms with van der Waals surface area (Å²) >= 11 is 0. The highest BCUT2D eigenvalue weighted by Gasteiger charge is 2.20. The lowest BCUT2D eigenvalue weighted by atomic mass is 9.96. The highest BCUT2D eigenvalue weighted by Crippen LogP contribution is 2.20. The van der Waals surface area contributed by atoms with Gasteiger partial charge in [0.25, 0.3) is 0 Å². The zero-order chi connectivity index (χ0) is 19.4. The molecule has 0 fully saturated rings. The lowest BCUT2D eigenvalue weighted by Crippen LogP contribution is -2.35. The van der Waals surface area contributed by atoms with Crippen LogP contribution in [0.1, 0.15) is 44.1 Å². The zero-order valence-corrected chi connectivity index (χ0v) is 16.7. The molecule has 0 radical (unpaired) electrons. The summed E-state index contributed by atoms with van der Waals surface area (Å²) in [6, 6.07) is 16.8. The summed E-state index contributed by atoms with van der Waals surface area (Å²) in [5, 5.41) is 3.03. The molecule has 3 rings (SSSR count). The van der Waals surface area contributed by atoms with Gasteiger partial charge in [-0.15, -0.1) is 0 Å². The molecule has 1 N–H and O–H groups in total. The molecule has 0 saturated carbocycles. The number of hydrogen-bond donors (Lipinski definition) is 1. The van der Waals surface area contributed by atoms with E-state index in [2.05, 4.69) is 59.3 Å². The van der Waals surface area contributed by atoms with E-state index in [0.717, 1.165) is 36.2 Å². The van der Waals surface area contributed by atoms with Gasteiger partial charge in [-0.1, -0.05) is 57.2 Å². The molecule has 27 heavy (non-hydrogen) atoms. The van der Waals surface area contributed by atoms with Crippen LogP contribution in [0.5, 0.6) is 0 Å². The summed E-state index contributed by atoms with van der Waals surface area (Å²) in [6.07, 6.45) is 1.71. The Morgan fingerprint density at radius 2 is 1.78 bits per heavy atom. The van der Waals surface area contributed by atoms with E-state index in [0.29, 0.717) is 6.54 Å². The molecule has 0 aliphatic rings. The van der Waals surface area contributed by atoms with Crippen molar-refractivity contribution in [1.82, 2.24) is 14.9 Å². The topological polar surface area (TPSA) is 46.9 Å². The molecule has 1 aromatic heterocycles. The maximum absolute atomic E-state index is 12.0. The molecular formula is C23H29N3O. The number of para-hydroxylation sites is 2. The molecule has 142 valence electrons. The highest BCUT2D eigenvalue weighted by atomic mass is 16.2. The van der Waals surface area contributed by atoms with Crippen molar-refractivity contribution in [2.75, 3.05) is 6.54 Å². The Balaban J connectivity index is 1.77. The number of carbonyl (C=O) groups excluding carboxylic acids is 1. The van der Waals surface area contributed by atoms with Crippen LogP contribution in [0, 0.1) is 12.3 Å². The monoisotopic (exact) mass is 363 g/mol.